The number of rotatable bonds is 4. The molecule has 2 heterocycles. The Morgan fingerprint density at radius 2 is 1.89 bits per heavy atom. The molecule has 1 aliphatic rings. The second-order valence-corrected chi connectivity index (χ2v) is 6.54. The smallest absolute Gasteiger partial charge is 0.303 e. The van der Waals surface area contributed by atoms with Crippen molar-refractivity contribution in [1.82, 2.24) is 15.3 Å². The number of hydrogen-bond donors (Lipinski definition) is 2. The van der Waals surface area contributed by atoms with Gasteiger partial charge in [0.25, 0.3) is 5.91 Å². The molecule has 7 nitrogen and oxygen atoms in total. The van der Waals surface area contributed by atoms with Gasteiger partial charge in [-0.15, -0.1) is 0 Å². The first-order chi connectivity index (χ1) is 13.1. The quantitative estimate of drug-likeness (QED) is 0.565. The third-order valence-corrected chi connectivity index (χ3v) is 4.59. The molecule has 0 saturated heterocycles. The highest BCUT2D eigenvalue weighted by molar-refractivity contribution is 5.98. The molecule has 27 heavy (non-hydrogen) atoms. The van der Waals surface area contributed by atoms with E-state index in [2.05, 4.69) is 20.6 Å². The zero-order chi connectivity index (χ0) is 18.5. The Morgan fingerprint density at radius 3 is 2.67 bits per heavy atom. The molecule has 0 bridgehead atoms. The van der Waals surface area contributed by atoms with Gasteiger partial charge in [0, 0.05) is 24.2 Å². The van der Waals surface area contributed by atoms with Gasteiger partial charge in [-0.25, -0.2) is 4.39 Å². The van der Waals surface area contributed by atoms with Crippen LogP contribution in [0.3, 0.4) is 0 Å². The number of carbonyl (C=O) groups is 1. The van der Waals surface area contributed by atoms with Crippen molar-refractivity contribution in [3.63, 3.8) is 0 Å². The largest absolute Gasteiger partial charge is 0.423 e. The minimum atomic E-state index is -0.389. The average Bonchev–Trinajstić information content (AvgIpc) is 3.30. The maximum Gasteiger partial charge on any atom is 0.303 e. The molecule has 1 amide bonds. The van der Waals surface area contributed by atoms with Crippen molar-refractivity contribution in [2.24, 2.45) is 0 Å². The summed E-state index contributed by atoms with van der Waals surface area (Å²) in [5.41, 5.74) is 3.61. The lowest BCUT2D eigenvalue weighted by molar-refractivity contribution is 0.0963. The van der Waals surface area contributed by atoms with Gasteiger partial charge < -0.3 is 14.2 Å². The molecule has 0 atom stereocenters. The summed E-state index contributed by atoms with van der Waals surface area (Å²) in [5.74, 6) is -0.178. The van der Waals surface area contributed by atoms with Crippen LogP contribution in [0.4, 0.5) is 16.4 Å². The van der Waals surface area contributed by atoms with Crippen LogP contribution in [-0.2, 0) is 0 Å². The SMILES string of the molecule is CNC(=O)c1cc(C2CC2)c2oc(Nc3nc4cc(F)ccc4o3)nc2c1. The van der Waals surface area contributed by atoms with E-state index >= 15 is 0 Å². The molecule has 136 valence electrons. The van der Waals surface area contributed by atoms with Gasteiger partial charge in [-0.1, -0.05) is 0 Å². The Kier molecular flexibility index (Phi) is 3.40. The highest BCUT2D eigenvalue weighted by Crippen LogP contribution is 2.44. The molecule has 1 aliphatic carbocycles. The van der Waals surface area contributed by atoms with E-state index < -0.39 is 0 Å². The predicted molar refractivity (Wildman–Crippen MR) is 96.6 cm³/mol. The maximum atomic E-state index is 13.3. The maximum absolute atomic E-state index is 13.3. The van der Waals surface area contributed by atoms with Crippen LogP contribution >= 0.6 is 0 Å². The minimum absolute atomic E-state index is 0.154. The Hall–Kier alpha value is -3.42. The summed E-state index contributed by atoms with van der Waals surface area (Å²) in [7, 11) is 1.59. The van der Waals surface area contributed by atoms with Crippen LogP contribution < -0.4 is 10.6 Å². The second kappa shape index (κ2) is 5.80. The zero-order valence-corrected chi connectivity index (χ0v) is 14.4. The Morgan fingerprint density at radius 1 is 1.11 bits per heavy atom. The van der Waals surface area contributed by atoms with E-state index in [-0.39, 0.29) is 23.8 Å². The molecule has 0 spiro atoms. The van der Waals surface area contributed by atoms with Crippen molar-refractivity contribution in [3.8, 4) is 0 Å². The normalized spacial score (nSPS) is 14.0. The van der Waals surface area contributed by atoms with Crippen LogP contribution in [0.15, 0.2) is 39.2 Å². The summed E-state index contributed by atoms with van der Waals surface area (Å²) >= 11 is 0. The molecule has 4 aromatic rings. The molecule has 2 N–H and O–H groups in total. The number of benzene rings is 2. The van der Waals surface area contributed by atoms with Gasteiger partial charge in [0.2, 0.25) is 0 Å². The number of nitrogens with one attached hydrogen (secondary N) is 2. The van der Waals surface area contributed by atoms with Gasteiger partial charge in [0.05, 0.1) is 0 Å². The van der Waals surface area contributed by atoms with Crippen LogP contribution in [0, 0.1) is 5.82 Å². The number of hydrogen-bond acceptors (Lipinski definition) is 6. The number of amides is 1. The van der Waals surface area contributed by atoms with Crippen molar-refractivity contribution in [2.45, 2.75) is 18.8 Å². The number of fused-ring (bicyclic) bond motifs is 2. The molecule has 8 heteroatoms. The topological polar surface area (TPSA) is 93.2 Å². The van der Waals surface area contributed by atoms with Gasteiger partial charge in [-0.3, -0.25) is 10.1 Å². The van der Waals surface area contributed by atoms with Crippen molar-refractivity contribution < 1.29 is 18.0 Å². The van der Waals surface area contributed by atoms with E-state index in [1.165, 1.54) is 18.2 Å². The van der Waals surface area contributed by atoms with Crippen LogP contribution in [0.5, 0.6) is 0 Å². The molecular formula is C19H15FN4O3. The third-order valence-electron chi connectivity index (χ3n) is 4.59. The van der Waals surface area contributed by atoms with E-state index in [1.807, 2.05) is 6.07 Å². The number of carbonyl (C=O) groups excluding carboxylic acids is 1. The van der Waals surface area contributed by atoms with Crippen molar-refractivity contribution in [3.05, 3.63) is 47.3 Å². The van der Waals surface area contributed by atoms with Crippen LogP contribution in [0.1, 0.15) is 34.7 Å². The first-order valence-electron chi connectivity index (χ1n) is 8.60. The Bertz CT molecular complexity index is 1190. The monoisotopic (exact) mass is 366 g/mol. The number of halogens is 1. The fraction of sp³-hybridized carbons (Fsp3) is 0.211. The van der Waals surface area contributed by atoms with Crippen LogP contribution in [0.2, 0.25) is 0 Å². The summed E-state index contributed by atoms with van der Waals surface area (Å²) in [5, 5.41) is 5.50. The van der Waals surface area contributed by atoms with E-state index in [9.17, 15) is 9.18 Å². The molecule has 5 rings (SSSR count). The number of nitrogens with zero attached hydrogens (tertiary/aromatic N) is 2. The average molecular weight is 366 g/mol. The highest BCUT2D eigenvalue weighted by atomic mass is 19.1. The lowest BCUT2D eigenvalue weighted by Crippen LogP contribution is -2.17. The molecule has 1 fully saturated rings. The first-order valence-corrected chi connectivity index (χ1v) is 8.60. The fourth-order valence-corrected chi connectivity index (χ4v) is 3.13. The molecule has 0 unspecified atom stereocenters. The minimum Gasteiger partial charge on any atom is -0.423 e. The summed E-state index contributed by atoms with van der Waals surface area (Å²) in [6.07, 6.45) is 2.12. The van der Waals surface area contributed by atoms with Crippen LogP contribution in [0.25, 0.3) is 22.2 Å². The van der Waals surface area contributed by atoms with E-state index in [1.54, 1.807) is 13.1 Å². The van der Waals surface area contributed by atoms with Gasteiger partial charge in [-0.05, 0) is 43.0 Å². The Labute approximate surface area is 152 Å². The van der Waals surface area contributed by atoms with E-state index in [4.69, 9.17) is 8.83 Å². The van der Waals surface area contributed by atoms with Crippen molar-refractivity contribution in [1.29, 1.82) is 0 Å². The lowest BCUT2D eigenvalue weighted by atomic mass is 10.0. The van der Waals surface area contributed by atoms with Gasteiger partial charge in [0.1, 0.15) is 16.9 Å². The predicted octanol–water partition coefficient (Wildman–Crippen LogP) is 4.09. The van der Waals surface area contributed by atoms with E-state index in [0.717, 1.165) is 18.4 Å². The number of aromatic nitrogens is 2. The molecule has 0 radical (unpaired) electrons. The van der Waals surface area contributed by atoms with E-state index in [0.29, 0.717) is 33.7 Å². The lowest BCUT2D eigenvalue weighted by Gasteiger charge is -2.03. The van der Waals surface area contributed by atoms with Crippen molar-refractivity contribution >= 4 is 40.1 Å². The summed E-state index contributed by atoms with van der Waals surface area (Å²) in [4.78, 5) is 20.6. The summed E-state index contributed by atoms with van der Waals surface area (Å²) in [6, 6.07) is 8.01. The van der Waals surface area contributed by atoms with Crippen LogP contribution in [-0.4, -0.2) is 22.9 Å². The van der Waals surface area contributed by atoms with Gasteiger partial charge >= 0.3 is 12.0 Å². The highest BCUT2D eigenvalue weighted by Gasteiger charge is 2.29. The second-order valence-electron chi connectivity index (χ2n) is 6.54. The molecular weight excluding hydrogens is 351 g/mol. The third kappa shape index (κ3) is 2.79. The fourth-order valence-electron chi connectivity index (χ4n) is 3.13. The number of oxazole rings is 2. The van der Waals surface area contributed by atoms with Gasteiger partial charge in [-0.2, -0.15) is 9.97 Å². The zero-order valence-electron chi connectivity index (χ0n) is 14.4. The number of anilines is 2. The summed E-state index contributed by atoms with van der Waals surface area (Å²) in [6.45, 7) is 0. The first kappa shape index (κ1) is 15.8. The molecule has 1 saturated carbocycles. The Balaban J connectivity index is 1.55. The molecule has 2 aromatic heterocycles. The van der Waals surface area contributed by atoms with Gasteiger partial charge in [0.15, 0.2) is 11.2 Å². The molecule has 2 aromatic carbocycles. The molecule has 0 aliphatic heterocycles. The standard InChI is InChI=1S/C19H15FN4O3/c1-21-17(25)10-6-12(9-2-3-9)16-14(7-10)23-19(27-16)24-18-22-13-8-11(20)4-5-15(13)26-18/h4-9H,2-3H2,1H3,(H,21,25)(H,22,23,24). The van der Waals surface area contributed by atoms with Crippen molar-refractivity contribution in [2.75, 3.05) is 12.4 Å². The summed E-state index contributed by atoms with van der Waals surface area (Å²) < 4.78 is 24.7.